The van der Waals surface area contributed by atoms with Crippen LogP contribution >= 0.6 is 0 Å². The molecule has 0 aliphatic heterocycles. The summed E-state index contributed by atoms with van der Waals surface area (Å²) in [6.07, 6.45) is 8.16. The predicted octanol–water partition coefficient (Wildman–Crippen LogP) is 2.34. The summed E-state index contributed by atoms with van der Waals surface area (Å²) in [4.78, 5) is 0. The smallest absolute Gasteiger partial charge is 0.0158 e. The molecule has 1 rings (SSSR count). The predicted molar refractivity (Wildman–Crippen MR) is 49.6 cm³/mol. The molecule has 0 aromatic carbocycles. The molecule has 1 N–H and O–H groups in total. The standard InChI is InChI=1S/C10H19N/c1-9(8-11-2)7-10-5-3-4-6-10/h7,10-11H,3-6,8H2,1-2H3. The van der Waals surface area contributed by atoms with E-state index in [4.69, 9.17) is 0 Å². The van der Waals surface area contributed by atoms with Crippen LogP contribution in [0.3, 0.4) is 0 Å². The summed E-state index contributed by atoms with van der Waals surface area (Å²) in [7, 11) is 2.01. The highest BCUT2D eigenvalue weighted by molar-refractivity contribution is 5.03. The molecule has 1 aliphatic rings. The molecule has 0 saturated heterocycles. The molecule has 1 nitrogen and oxygen atoms in total. The number of hydrogen-bond donors (Lipinski definition) is 1. The fraction of sp³-hybridized carbons (Fsp3) is 0.800. The van der Waals surface area contributed by atoms with Gasteiger partial charge in [0.25, 0.3) is 0 Å². The topological polar surface area (TPSA) is 12.0 Å². The Morgan fingerprint density at radius 1 is 1.45 bits per heavy atom. The van der Waals surface area contributed by atoms with Gasteiger partial charge in [0.05, 0.1) is 0 Å². The van der Waals surface area contributed by atoms with Crippen molar-refractivity contribution in [1.82, 2.24) is 5.32 Å². The van der Waals surface area contributed by atoms with Crippen LogP contribution in [0.4, 0.5) is 0 Å². The number of allylic oxidation sites excluding steroid dienone is 1. The Balaban J connectivity index is 2.30. The zero-order valence-corrected chi connectivity index (χ0v) is 7.69. The third-order valence-corrected chi connectivity index (χ3v) is 2.38. The molecule has 0 heterocycles. The Labute approximate surface area is 69.9 Å². The Morgan fingerprint density at radius 2 is 2.09 bits per heavy atom. The second kappa shape index (κ2) is 4.55. The lowest BCUT2D eigenvalue weighted by atomic mass is 10.1. The second-order valence-electron chi connectivity index (χ2n) is 3.59. The first-order valence-electron chi connectivity index (χ1n) is 4.65. The van der Waals surface area contributed by atoms with Gasteiger partial charge < -0.3 is 5.32 Å². The van der Waals surface area contributed by atoms with Crippen molar-refractivity contribution in [2.45, 2.75) is 32.6 Å². The van der Waals surface area contributed by atoms with Crippen molar-refractivity contribution in [1.29, 1.82) is 0 Å². The van der Waals surface area contributed by atoms with Crippen molar-refractivity contribution in [3.05, 3.63) is 11.6 Å². The Bertz CT molecular complexity index is 132. The minimum Gasteiger partial charge on any atom is -0.316 e. The molecule has 0 amide bonds. The van der Waals surface area contributed by atoms with Gasteiger partial charge in [-0.3, -0.25) is 0 Å². The summed E-state index contributed by atoms with van der Waals surface area (Å²) in [5, 5.41) is 3.17. The fourth-order valence-corrected chi connectivity index (χ4v) is 1.86. The molecule has 1 fully saturated rings. The zero-order valence-electron chi connectivity index (χ0n) is 7.69. The van der Waals surface area contributed by atoms with Crippen LogP contribution in [-0.4, -0.2) is 13.6 Å². The van der Waals surface area contributed by atoms with Crippen LogP contribution in [0.15, 0.2) is 11.6 Å². The molecule has 64 valence electrons. The molecule has 0 unspecified atom stereocenters. The summed E-state index contributed by atoms with van der Waals surface area (Å²) < 4.78 is 0. The molecule has 1 saturated carbocycles. The molecular formula is C10H19N. The van der Waals surface area contributed by atoms with Crippen molar-refractivity contribution in [3.63, 3.8) is 0 Å². The summed E-state index contributed by atoms with van der Waals surface area (Å²) in [5.41, 5.74) is 1.50. The molecule has 0 bridgehead atoms. The fourth-order valence-electron chi connectivity index (χ4n) is 1.86. The normalized spacial score (nSPS) is 21.1. The first kappa shape index (κ1) is 8.79. The van der Waals surface area contributed by atoms with Gasteiger partial charge in [-0.2, -0.15) is 0 Å². The Hall–Kier alpha value is -0.300. The molecule has 11 heavy (non-hydrogen) atoms. The number of hydrogen-bond acceptors (Lipinski definition) is 1. The van der Waals surface area contributed by atoms with Gasteiger partial charge in [0.2, 0.25) is 0 Å². The maximum Gasteiger partial charge on any atom is 0.0158 e. The average molecular weight is 153 g/mol. The third-order valence-electron chi connectivity index (χ3n) is 2.38. The first-order valence-corrected chi connectivity index (χ1v) is 4.65. The molecule has 0 spiro atoms. The van der Waals surface area contributed by atoms with E-state index in [0.717, 1.165) is 12.5 Å². The molecule has 0 atom stereocenters. The zero-order chi connectivity index (χ0) is 8.10. The Kier molecular flexibility index (Phi) is 3.64. The maximum atomic E-state index is 3.17. The Morgan fingerprint density at radius 3 is 2.64 bits per heavy atom. The lowest BCUT2D eigenvalue weighted by Crippen LogP contribution is -2.09. The van der Waals surface area contributed by atoms with Gasteiger partial charge in [0.15, 0.2) is 0 Å². The van der Waals surface area contributed by atoms with Crippen LogP contribution in [0, 0.1) is 5.92 Å². The van der Waals surface area contributed by atoms with Crippen molar-refractivity contribution in [2.75, 3.05) is 13.6 Å². The highest BCUT2D eigenvalue weighted by atomic mass is 14.8. The molecule has 1 heteroatoms. The average Bonchev–Trinajstić information content (AvgIpc) is 2.40. The van der Waals surface area contributed by atoms with Gasteiger partial charge in [-0.15, -0.1) is 0 Å². The number of nitrogens with one attached hydrogen (secondary N) is 1. The van der Waals surface area contributed by atoms with Gasteiger partial charge in [0.1, 0.15) is 0 Å². The van der Waals surface area contributed by atoms with E-state index in [0.29, 0.717) is 0 Å². The highest BCUT2D eigenvalue weighted by Gasteiger charge is 2.11. The molecule has 0 aromatic heterocycles. The molecule has 1 aliphatic carbocycles. The van der Waals surface area contributed by atoms with Gasteiger partial charge in [0, 0.05) is 6.54 Å². The first-order chi connectivity index (χ1) is 5.33. The van der Waals surface area contributed by atoms with Crippen LogP contribution in [-0.2, 0) is 0 Å². The van der Waals surface area contributed by atoms with Crippen LogP contribution in [0.2, 0.25) is 0 Å². The van der Waals surface area contributed by atoms with Gasteiger partial charge >= 0.3 is 0 Å². The highest BCUT2D eigenvalue weighted by Crippen LogP contribution is 2.26. The van der Waals surface area contributed by atoms with Gasteiger partial charge in [-0.25, -0.2) is 0 Å². The van der Waals surface area contributed by atoms with E-state index in [1.807, 2.05) is 7.05 Å². The van der Waals surface area contributed by atoms with E-state index in [1.54, 1.807) is 0 Å². The number of rotatable bonds is 3. The van der Waals surface area contributed by atoms with Crippen molar-refractivity contribution >= 4 is 0 Å². The summed E-state index contributed by atoms with van der Waals surface area (Å²) in [6, 6.07) is 0. The van der Waals surface area contributed by atoms with E-state index in [1.165, 1.54) is 31.3 Å². The summed E-state index contributed by atoms with van der Waals surface area (Å²) >= 11 is 0. The molecular weight excluding hydrogens is 134 g/mol. The minimum atomic E-state index is 0.892. The third kappa shape index (κ3) is 3.06. The quantitative estimate of drug-likeness (QED) is 0.614. The van der Waals surface area contributed by atoms with Gasteiger partial charge in [-0.1, -0.05) is 24.5 Å². The van der Waals surface area contributed by atoms with Crippen LogP contribution < -0.4 is 5.32 Å². The van der Waals surface area contributed by atoms with Crippen LogP contribution in [0.5, 0.6) is 0 Å². The summed E-state index contributed by atoms with van der Waals surface area (Å²) in [5.74, 6) is 0.892. The summed E-state index contributed by atoms with van der Waals surface area (Å²) in [6.45, 7) is 3.27. The monoisotopic (exact) mass is 153 g/mol. The van der Waals surface area contributed by atoms with E-state index < -0.39 is 0 Å². The molecule has 0 aromatic rings. The van der Waals surface area contributed by atoms with E-state index in [-0.39, 0.29) is 0 Å². The van der Waals surface area contributed by atoms with Crippen molar-refractivity contribution in [2.24, 2.45) is 5.92 Å². The number of likely N-dealkylation sites (N-methyl/N-ethyl adjacent to an activating group) is 1. The lowest BCUT2D eigenvalue weighted by molar-refractivity contribution is 0.675. The van der Waals surface area contributed by atoms with E-state index >= 15 is 0 Å². The lowest BCUT2D eigenvalue weighted by Gasteiger charge is -2.04. The van der Waals surface area contributed by atoms with Crippen LogP contribution in [0.1, 0.15) is 32.6 Å². The van der Waals surface area contributed by atoms with Gasteiger partial charge in [-0.05, 0) is 32.7 Å². The van der Waals surface area contributed by atoms with Crippen molar-refractivity contribution < 1.29 is 0 Å². The largest absolute Gasteiger partial charge is 0.316 e. The van der Waals surface area contributed by atoms with E-state index in [9.17, 15) is 0 Å². The minimum absolute atomic E-state index is 0.892. The molecule has 0 radical (unpaired) electrons. The van der Waals surface area contributed by atoms with Crippen molar-refractivity contribution in [3.8, 4) is 0 Å². The second-order valence-corrected chi connectivity index (χ2v) is 3.59. The maximum absolute atomic E-state index is 3.17. The SMILES string of the molecule is CNCC(C)=CC1CCCC1. The van der Waals surface area contributed by atoms with Crippen LogP contribution in [0.25, 0.3) is 0 Å². The van der Waals surface area contributed by atoms with E-state index in [2.05, 4.69) is 18.3 Å².